The standard InChI is InChI=1S/C15H19N3O/c1-11-6-7-14(16)15(18-11)17-9-8-12-4-3-5-13(10-12)19-2/h3-7,10H,8-9,16H2,1-2H3,(H,17,18). The highest BCUT2D eigenvalue weighted by molar-refractivity contribution is 5.61. The number of methoxy groups -OCH3 is 1. The fourth-order valence-electron chi connectivity index (χ4n) is 1.86. The molecule has 19 heavy (non-hydrogen) atoms. The van der Waals surface area contributed by atoms with E-state index in [4.69, 9.17) is 10.5 Å². The van der Waals surface area contributed by atoms with Crippen LogP contribution in [0, 0.1) is 6.92 Å². The van der Waals surface area contributed by atoms with Gasteiger partial charge in [0.25, 0.3) is 0 Å². The fraction of sp³-hybridized carbons (Fsp3) is 0.267. The average molecular weight is 257 g/mol. The highest BCUT2D eigenvalue weighted by atomic mass is 16.5. The molecule has 2 rings (SSSR count). The van der Waals surface area contributed by atoms with Crippen molar-refractivity contribution in [2.75, 3.05) is 24.7 Å². The van der Waals surface area contributed by atoms with Crippen LogP contribution in [0.3, 0.4) is 0 Å². The summed E-state index contributed by atoms with van der Waals surface area (Å²) in [5.74, 6) is 1.63. The van der Waals surface area contributed by atoms with Crippen molar-refractivity contribution in [1.82, 2.24) is 4.98 Å². The second-order valence-corrected chi connectivity index (χ2v) is 4.42. The molecule has 4 nitrogen and oxygen atoms in total. The topological polar surface area (TPSA) is 60.2 Å². The fourth-order valence-corrected chi connectivity index (χ4v) is 1.86. The maximum atomic E-state index is 5.87. The maximum absolute atomic E-state index is 5.87. The molecule has 1 aromatic heterocycles. The van der Waals surface area contributed by atoms with Gasteiger partial charge >= 0.3 is 0 Å². The molecule has 0 spiro atoms. The van der Waals surface area contributed by atoms with Crippen molar-refractivity contribution >= 4 is 11.5 Å². The number of benzene rings is 1. The Labute approximate surface area is 113 Å². The molecule has 0 atom stereocenters. The molecule has 1 heterocycles. The molecule has 100 valence electrons. The average Bonchev–Trinajstić information content (AvgIpc) is 2.43. The van der Waals surface area contributed by atoms with Gasteiger partial charge in [-0.05, 0) is 43.2 Å². The molecular weight excluding hydrogens is 238 g/mol. The Kier molecular flexibility index (Phi) is 4.23. The van der Waals surface area contributed by atoms with Crippen LogP contribution in [-0.2, 0) is 6.42 Å². The number of hydrogen-bond acceptors (Lipinski definition) is 4. The first-order valence-electron chi connectivity index (χ1n) is 6.29. The summed E-state index contributed by atoms with van der Waals surface area (Å²) in [5, 5.41) is 3.26. The quantitative estimate of drug-likeness (QED) is 0.864. The molecule has 0 aliphatic heterocycles. The zero-order valence-electron chi connectivity index (χ0n) is 11.3. The number of aromatic nitrogens is 1. The largest absolute Gasteiger partial charge is 0.497 e. The molecule has 3 N–H and O–H groups in total. The van der Waals surface area contributed by atoms with E-state index in [-0.39, 0.29) is 0 Å². The van der Waals surface area contributed by atoms with Crippen LogP contribution in [0.5, 0.6) is 5.75 Å². The van der Waals surface area contributed by atoms with Gasteiger partial charge in [0.05, 0.1) is 12.8 Å². The first kappa shape index (κ1) is 13.2. The lowest BCUT2D eigenvalue weighted by Gasteiger charge is -2.09. The van der Waals surface area contributed by atoms with E-state index < -0.39 is 0 Å². The summed E-state index contributed by atoms with van der Waals surface area (Å²) in [4.78, 5) is 4.38. The summed E-state index contributed by atoms with van der Waals surface area (Å²) in [6, 6.07) is 11.8. The van der Waals surface area contributed by atoms with E-state index in [0.29, 0.717) is 5.69 Å². The van der Waals surface area contributed by atoms with E-state index in [1.54, 1.807) is 7.11 Å². The van der Waals surface area contributed by atoms with E-state index in [0.717, 1.165) is 30.2 Å². The smallest absolute Gasteiger partial charge is 0.149 e. The van der Waals surface area contributed by atoms with Crippen molar-refractivity contribution in [2.45, 2.75) is 13.3 Å². The van der Waals surface area contributed by atoms with Crippen LogP contribution in [-0.4, -0.2) is 18.6 Å². The molecule has 0 unspecified atom stereocenters. The van der Waals surface area contributed by atoms with Crippen molar-refractivity contribution < 1.29 is 4.74 Å². The van der Waals surface area contributed by atoms with E-state index in [1.165, 1.54) is 5.56 Å². The van der Waals surface area contributed by atoms with Crippen molar-refractivity contribution in [3.63, 3.8) is 0 Å². The Morgan fingerprint density at radius 3 is 2.89 bits per heavy atom. The number of nitrogen functional groups attached to an aromatic ring is 1. The van der Waals surface area contributed by atoms with Crippen molar-refractivity contribution in [1.29, 1.82) is 0 Å². The van der Waals surface area contributed by atoms with E-state index >= 15 is 0 Å². The zero-order chi connectivity index (χ0) is 13.7. The first-order valence-corrected chi connectivity index (χ1v) is 6.29. The Morgan fingerprint density at radius 1 is 1.26 bits per heavy atom. The molecule has 0 aliphatic carbocycles. The van der Waals surface area contributed by atoms with Gasteiger partial charge in [-0.1, -0.05) is 12.1 Å². The third-order valence-electron chi connectivity index (χ3n) is 2.91. The van der Waals surface area contributed by atoms with Crippen LogP contribution in [0.15, 0.2) is 36.4 Å². The van der Waals surface area contributed by atoms with Gasteiger partial charge in [0.2, 0.25) is 0 Å². The minimum atomic E-state index is 0.677. The molecular formula is C15H19N3O. The second-order valence-electron chi connectivity index (χ2n) is 4.42. The molecule has 0 bridgehead atoms. The van der Waals surface area contributed by atoms with Gasteiger partial charge in [-0.3, -0.25) is 0 Å². The summed E-state index contributed by atoms with van der Waals surface area (Å²) < 4.78 is 5.20. The van der Waals surface area contributed by atoms with Gasteiger partial charge in [0, 0.05) is 12.2 Å². The molecule has 2 aromatic rings. The molecule has 4 heteroatoms. The zero-order valence-corrected chi connectivity index (χ0v) is 11.3. The predicted molar refractivity (Wildman–Crippen MR) is 78.6 cm³/mol. The summed E-state index contributed by atoms with van der Waals surface area (Å²) in [7, 11) is 1.68. The number of rotatable bonds is 5. The van der Waals surface area contributed by atoms with E-state index in [9.17, 15) is 0 Å². The summed E-state index contributed by atoms with van der Waals surface area (Å²) in [5.41, 5.74) is 8.72. The van der Waals surface area contributed by atoms with Crippen LogP contribution in [0.2, 0.25) is 0 Å². The number of nitrogens with two attached hydrogens (primary N) is 1. The van der Waals surface area contributed by atoms with Crippen molar-refractivity contribution in [2.24, 2.45) is 0 Å². The minimum Gasteiger partial charge on any atom is -0.497 e. The molecule has 0 aliphatic rings. The number of hydrogen-bond donors (Lipinski definition) is 2. The molecule has 1 aromatic carbocycles. The van der Waals surface area contributed by atoms with Crippen LogP contribution < -0.4 is 15.8 Å². The Bertz CT molecular complexity index is 555. The lowest BCUT2D eigenvalue weighted by molar-refractivity contribution is 0.414. The normalized spacial score (nSPS) is 10.2. The molecule has 0 fully saturated rings. The van der Waals surface area contributed by atoms with Crippen LogP contribution in [0.25, 0.3) is 0 Å². The van der Waals surface area contributed by atoms with Crippen LogP contribution in [0.4, 0.5) is 11.5 Å². The molecule has 0 radical (unpaired) electrons. The molecule has 0 amide bonds. The highest BCUT2D eigenvalue weighted by Crippen LogP contribution is 2.16. The van der Waals surface area contributed by atoms with Crippen molar-refractivity contribution in [3.8, 4) is 5.75 Å². The number of aryl methyl sites for hydroxylation is 1. The second kappa shape index (κ2) is 6.09. The highest BCUT2D eigenvalue weighted by Gasteiger charge is 2.01. The Balaban J connectivity index is 1.94. The van der Waals surface area contributed by atoms with Crippen LogP contribution >= 0.6 is 0 Å². The first-order chi connectivity index (χ1) is 9.19. The van der Waals surface area contributed by atoms with Gasteiger partial charge in [0.15, 0.2) is 0 Å². The third-order valence-corrected chi connectivity index (χ3v) is 2.91. The number of anilines is 2. The molecule has 0 saturated heterocycles. The van der Waals surface area contributed by atoms with Gasteiger partial charge in [-0.15, -0.1) is 0 Å². The maximum Gasteiger partial charge on any atom is 0.149 e. The van der Waals surface area contributed by atoms with Crippen LogP contribution in [0.1, 0.15) is 11.3 Å². The third kappa shape index (κ3) is 3.61. The number of nitrogens with zero attached hydrogens (tertiary/aromatic N) is 1. The number of nitrogens with one attached hydrogen (secondary N) is 1. The van der Waals surface area contributed by atoms with Gasteiger partial charge in [-0.25, -0.2) is 4.98 Å². The SMILES string of the molecule is COc1cccc(CCNc2nc(C)ccc2N)c1. The van der Waals surface area contributed by atoms with Gasteiger partial charge < -0.3 is 15.8 Å². The van der Waals surface area contributed by atoms with Gasteiger partial charge in [0.1, 0.15) is 11.6 Å². The monoisotopic (exact) mass is 257 g/mol. The lowest BCUT2D eigenvalue weighted by atomic mass is 10.1. The number of ether oxygens (including phenoxy) is 1. The summed E-state index contributed by atoms with van der Waals surface area (Å²) in [6.45, 7) is 2.74. The lowest BCUT2D eigenvalue weighted by Crippen LogP contribution is -2.09. The van der Waals surface area contributed by atoms with Gasteiger partial charge in [-0.2, -0.15) is 0 Å². The predicted octanol–water partition coefficient (Wildman–Crippen LogP) is 2.64. The van der Waals surface area contributed by atoms with Crippen molar-refractivity contribution in [3.05, 3.63) is 47.7 Å². The minimum absolute atomic E-state index is 0.677. The Morgan fingerprint density at radius 2 is 2.11 bits per heavy atom. The van der Waals surface area contributed by atoms with E-state index in [1.807, 2.05) is 37.3 Å². The van der Waals surface area contributed by atoms with E-state index in [2.05, 4.69) is 16.4 Å². The Hall–Kier alpha value is -2.23. The number of pyridine rings is 1. The molecule has 0 saturated carbocycles. The summed E-state index contributed by atoms with van der Waals surface area (Å²) >= 11 is 0. The summed E-state index contributed by atoms with van der Waals surface area (Å²) in [6.07, 6.45) is 0.895.